The molecular weight excluding hydrogens is 350 g/mol. The van der Waals surface area contributed by atoms with Crippen molar-refractivity contribution in [2.24, 2.45) is 0 Å². The number of carbonyl (C=O) groups is 2. The van der Waals surface area contributed by atoms with Crippen molar-refractivity contribution in [2.75, 3.05) is 4.90 Å². The largest absolute Gasteiger partial charge is 0.481 e. The van der Waals surface area contributed by atoms with E-state index in [2.05, 4.69) is 0 Å². The number of anilines is 1. The number of thioether (sulfide) groups is 1. The van der Waals surface area contributed by atoms with Gasteiger partial charge in [-0.3, -0.25) is 14.5 Å². The van der Waals surface area contributed by atoms with Crippen LogP contribution in [0.1, 0.15) is 10.4 Å². The number of carbonyl (C=O) groups excluding carboxylic acids is 1. The number of hydrogen-bond acceptors (Lipinski definition) is 5. The Morgan fingerprint density at radius 1 is 1.26 bits per heavy atom. The van der Waals surface area contributed by atoms with Gasteiger partial charge in [0.05, 0.1) is 17.0 Å². The number of hydrogen-bond donors (Lipinski definition) is 1. The lowest BCUT2D eigenvalue weighted by Gasteiger charge is -2.14. The first-order valence-corrected chi connectivity index (χ1v) is 8.77. The van der Waals surface area contributed by atoms with Gasteiger partial charge in [-0.1, -0.05) is 42.2 Å². The summed E-state index contributed by atoms with van der Waals surface area (Å²) in [6.07, 6.45) is 1.79. The summed E-state index contributed by atoms with van der Waals surface area (Å²) >= 11 is 8.14. The summed E-state index contributed by atoms with van der Waals surface area (Å²) in [5.41, 5.74) is 1.33. The van der Waals surface area contributed by atoms with E-state index in [-0.39, 0.29) is 12.3 Å². The normalized spacial score (nSPS) is 16.3. The molecule has 1 aromatic heterocycles. The number of nitrogens with zero attached hydrogens (tertiary/aromatic N) is 1. The molecule has 0 saturated carbocycles. The molecule has 1 fully saturated rings. The summed E-state index contributed by atoms with van der Waals surface area (Å²) in [7, 11) is 0. The quantitative estimate of drug-likeness (QED) is 0.663. The molecule has 23 heavy (non-hydrogen) atoms. The molecule has 1 aliphatic rings. The number of thiocarbonyl (C=S) groups is 1. The molecule has 3 rings (SSSR count). The average Bonchev–Trinajstić information content (AvgIpc) is 3.09. The number of aliphatic carboxylic acids is 1. The van der Waals surface area contributed by atoms with Crippen LogP contribution in [-0.2, 0) is 16.0 Å². The maximum Gasteiger partial charge on any atom is 0.307 e. The van der Waals surface area contributed by atoms with Gasteiger partial charge >= 0.3 is 5.97 Å². The minimum Gasteiger partial charge on any atom is -0.481 e. The lowest BCUT2D eigenvalue weighted by Crippen LogP contribution is -2.27. The second-order valence-electron chi connectivity index (χ2n) is 4.77. The predicted octanol–water partition coefficient (Wildman–Crippen LogP) is 3.78. The van der Waals surface area contributed by atoms with Crippen LogP contribution in [0.25, 0.3) is 6.08 Å². The Balaban J connectivity index is 1.84. The number of carboxylic acids is 1. The topological polar surface area (TPSA) is 57.6 Å². The van der Waals surface area contributed by atoms with Crippen LogP contribution >= 0.6 is 35.3 Å². The Morgan fingerprint density at radius 2 is 2.00 bits per heavy atom. The van der Waals surface area contributed by atoms with Crippen molar-refractivity contribution in [3.8, 4) is 0 Å². The van der Waals surface area contributed by atoms with Gasteiger partial charge in [0.2, 0.25) is 0 Å². The highest BCUT2D eigenvalue weighted by atomic mass is 32.2. The van der Waals surface area contributed by atoms with E-state index in [0.29, 0.717) is 20.5 Å². The summed E-state index contributed by atoms with van der Waals surface area (Å²) in [4.78, 5) is 26.3. The van der Waals surface area contributed by atoms with Crippen molar-refractivity contribution in [1.29, 1.82) is 0 Å². The molecule has 0 spiro atoms. The molecule has 0 aliphatic carbocycles. The molecule has 1 saturated heterocycles. The number of benzene rings is 1. The highest BCUT2D eigenvalue weighted by Gasteiger charge is 2.33. The maximum atomic E-state index is 12.6. The summed E-state index contributed by atoms with van der Waals surface area (Å²) in [5.74, 6) is -1.04. The SMILES string of the molecule is O=C(O)Cc1ccc(N2C(=O)C(=Cc3cccs3)SC2=S)cc1. The molecule has 1 amide bonds. The zero-order chi connectivity index (χ0) is 16.4. The fourth-order valence-electron chi connectivity index (χ4n) is 2.13. The van der Waals surface area contributed by atoms with Crippen LogP contribution in [0.15, 0.2) is 46.7 Å². The zero-order valence-electron chi connectivity index (χ0n) is 11.8. The van der Waals surface area contributed by atoms with Crippen molar-refractivity contribution >= 4 is 63.3 Å². The highest BCUT2D eigenvalue weighted by molar-refractivity contribution is 8.27. The molecule has 1 aromatic carbocycles. The van der Waals surface area contributed by atoms with E-state index in [4.69, 9.17) is 17.3 Å². The van der Waals surface area contributed by atoms with Crippen molar-refractivity contribution in [2.45, 2.75) is 6.42 Å². The van der Waals surface area contributed by atoms with E-state index in [1.807, 2.05) is 23.6 Å². The molecule has 116 valence electrons. The van der Waals surface area contributed by atoms with Gasteiger partial charge in [-0.15, -0.1) is 11.3 Å². The lowest BCUT2D eigenvalue weighted by molar-refractivity contribution is -0.136. The number of thiophene rings is 1. The van der Waals surface area contributed by atoms with Crippen molar-refractivity contribution in [3.05, 3.63) is 57.1 Å². The number of amides is 1. The van der Waals surface area contributed by atoms with Gasteiger partial charge in [0.25, 0.3) is 5.91 Å². The molecule has 0 atom stereocenters. The van der Waals surface area contributed by atoms with Gasteiger partial charge < -0.3 is 5.11 Å². The summed E-state index contributed by atoms with van der Waals surface area (Å²) in [5, 5.41) is 10.7. The average molecular weight is 361 g/mol. The Kier molecular flexibility index (Phi) is 4.61. The van der Waals surface area contributed by atoms with E-state index in [9.17, 15) is 9.59 Å². The number of rotatable bonds is 4. The molecule has 1 aliphatic heterocycles. The molecule has 1 N–H and O–H groups in total. The minimum atomic E-state index is -0.887. The highest BCUT2D eigenvalue weighted by Crippen LogP contribution is 2.36. The molecule has 7 heteroatoms. The first-order chi connectivity index (χ1) is 11.0. The molecule has 0 bridgehead atoms. The fraction of sp³-hybridized carbons (Fsp3) is 0.0625. The van der Waals surface area contributed by atoms with E-state index < -0.39 is 5.97 Å². The predicted molar refractivity (Wildman–Crippen MR) is 97.8 cm³/mol. The van der Waals surface area contributed by atoms with Crippen LogP contribution in [0, 0.1) is 0 Å². The second kappa shape index (κ2) is 6.66. The minimum absolute atomic E-state index is 0.0447. The molecule has 2 aromatic rings. The molecule has 2 heterocycles. The van der Waals surface area contributed by atoms with Crippen molar-refractivity contribution in [1.82, 2.24) is 0 Å². The van der Waals surface area contributed by atoms with Gasteiger partial charge in [-0.05, 0) is 35.2 Å². The van der Waals surface area contributed by atoms with Crippen LogP contribution in [0.2, 0.25) is 0 Å². The smallest absolute Gasteiger partial charge is 0.307 e. The third-order valence-corrected chi connectivity index (χ3v) is 5.28. The van der Waals surface area contributed by atoms with Gasteiger partial charge in [0.1, 0.15) is 0 Å². The van der Waals surface area contributed by atoms with E-state index in [0.717, 1.165) is 4.88 Å². The van der Waals surface area contributed by atoms with E-state index in [1.54, 1.807) is 35.6 Å². The zero-order valence-corrected chi connectivity index (χ0v) is 14.2. The molecule has 4 nitrogen and oxygen atoms in total. The van der Waals surface area contributed by atoms with Gasteiger partial charge in [-0.2, -0.15) is 0 Å². The lowest BCUT2D eigenvalue weighted by atomic mass is 10.1. The maximum absolute atomic E-state index is 12.6. The standard InChI is InChI=1S/C16H11NO3S3/c18-14(19)8-10-3-5-11(6-4-10)17-15(20)13(23-16(17)21)9-12-2-1-7-22-12/h1-7,9H,8H2,(H,18,19). The first-order valence-electron chi connectivity index (χ1n) is 6.67. The van der Waals surface area contributed by atoms with Gasteiger partial charge in [0, 0.05) is 4.88 Å². The third kappa shape index (κ3) is 3.52. The molecular formula is C16H11NO3S3. The van der Waals surface area contributed by atoms with Crippen molar-refractivity contribution < 1.29 is 14.7 Å². The Bertz CT molecular complexity index is 794. The Hall–Kier alpha value is -1.96. The summed E-state index contributed by atoms with van der Waals surface area (Å²) < 4.78 is 0.476. The summed E-state index contributed by atoms with van der Waals surface area (Å²) in [6, 6.07) is 10.7. The van der Waals surface area contributed by atoms with Gasteiger partial charge in [-0.25, -0.2) is 0 Å². The molecule has 0 unspecified atom stereocenters. The van der Waals surface area contributed by atoms with E-state index in [1.165, 1.54) is 16.7 Å². The third-order valence-electron chi connectivity index (χ3n) is 3.16. The Morgan fingerprint density at radius 3 is 2.61 bits per heavy atom. The second-order valence-corrected chi connectivity index (χ2v) is 7.42. The fourth-order valence-corrected chi connectivity index (χ4v) is 4.15. The Labute approximate surface area is 146 Å². The van der Waals surface area contributed by atoms with Crippen LogP contribution < -0.4 is 4.90 Å². The monoisotopic (exact) mass is 361 g/mol. The number of carboxylic acid groups (broad SMARTS) is 1. The van der Waals surface area contributed by atoms with Gasteiger partial charge in [0.15, 0.2) is 4.32 Å². The summed E-state index contributed by atoms with van der Waals surface area (Å²) in [6.45, 7) is 0. The van der Waals surface area contributed by atoms with E-state index >= 15 is 0 Å². The van der Waals surface area contributed by atoms with Crippen molar-refractivity contribution in [3.63, 3.8) is 0 Å². The van der Waals surface area contributed by atoms with Crippen LogP contribution in [0.4, 0.5) is 5.69 Å². The van der Waals surface area contributed by atoms with Crippen LogP contribution in [0.5, 0.6) is 0 Å². The molecule has 0 radical (unpaired) electrons. The first kappa shape index (κ1) is 15.9. The van der Waals surface area contributed by atoms with Crippen LogP contribution in [-0.4, -0.2) is 21.3 Å². The van der Waals surface area contributed by atoms with Crippen LogP contribution in [0.3, 0.4) is 0 Å².